The Morgan fingerprint density at radius 2 is 1.92 bits per heavy atom. The minimum absolute atomic E-state index is 0.195. The van der Waals surface area contributed by atoms with Crippen molar-refractivity contribution in [3.05, 3.63) is 59.4 Å². The second kappa shape index (κ2) is 10.5. The minimum atomic E-state index is -3.50. The number of aromatic nitrogens is 3. The molecule has 1 unspecified atom stereocenters. The summed E-state index contributed by atoms with van der Waals surface area (Å²) in [5, 5.41) is 13.4. The summed E-state index contributed by atoms with van der Waals surface area (Å²) in [6.45, 7) is 4.11. The van der Waals surface area contributed by atoms with Gasteiger partial charge in [-0.1, -0.05) is 0 Å². The largest absolute Gasteiger partial charge is 0.370 e. The van der Waals surface area contributed by atoms with Crippen LogP contribution in [0, 0.1) is 0 Å². The van der Waals surface area contributed by atoms with Crippen LogP contribution < -0.4 is 10.6 Å². The fourth-order valence-electron chi connectivity index (χ4n) is 4.16. The lowest BCUT2D eigenvalue weighted by atomic mass is 10.1. The van der Waals surface area contributed by atoms with Gasteiger partial charge in [-0.25, -0.2) is 22.4 Å². The molecule has 13 heteroatoms. The number of thiazole rings is 1. The smallest absolute Gasteiger partial charge is 0.271 e. The molecule has 2 N–H and O–H groups in total. The summed E-state index contributed by atoms with van der Waals surface area (Å²) in [6.07, 6.45) is 5.55. The van der Waals surface area contributed by atoms with E-state index >= 15 is 0 Å². The Morgan fingerprint density at radius 1 is 1.16 bits per heavy atom. The molecule has 194 valence electrons. The van der Waals surface area contributed by atoms with E-state index in [9.17, 15) is 13.2 Å². The maximum Gasteiger partial charge on any atom is 0.271 e. The fourth-order valence-corrected chi connectivity index (χ4v) is 5.83. The highest BCUT2D eigenvalue weighted by Crippen LogP contribution is 2.24. The van der Waals surface area contributed by atoms with Gasteiger partial charge < -0.3 is 15.5 Å². The van der Waals surface area contributed by atoms with Crippen LogP contribution in [0.3, 0.4) is 0 Å². The molecule has 1 saturated heterocycles. The van der Waals surface area contributed by atoms with E-state index in [0.717, 1.165) is 31.9 Å². The number of nitrogens with zero attached hydrogens (tertiary/aromatic N) is 6. The molecule has 2 aromatic heterocycles. The van der Waals surface area contributed by atoms with Crippen LogP contribution in [0.2, 0.25) is 0 Å². The third-order valence-corrected chi connectivity index (χ3v) is 8.90. The lowest BCUT2D eigenvalue weighted by Gasteiger charge is -2.36. The SMILES string of the molecule is CN(C)S(=O)(=O)c1ccc(-n2ccc(-c3nc(C(=O)NC4CN=CC=C4N4CCNCC4)cs3)n2)cc1. The van der Waals surface area contributed by atoms with E-state index in [4.69, 9.17) is 0 Å². The first-order chi connectivity index (χ1) is 17.8. The number of dihydropyridines is 1. The van der Waals surface area contributed by atoms with Crippen molar-refractivity contribution in [3.8, 4) is 16.4 Å². The number of piperazine rings is 1. The number of benzene rings is 1. The predicted octanol–water partition coefficient (Wildman–Crippen LogP) is 1.22. The minimum Gasteiger partial charge on any atom is -0.370 e. The number of aliphatic imine (C=N–C) groups is 1. The second-order valence-corrected chi connectivity index (χ2v) is 11.8. The third kappa shape index (κ3) is 5.34. The summed E-state index contributed by atoms with van der Waals surface area (Å²) in [4.78, 5) is 24.4. The van der Waals surface area contributed by atoms with E-state index in [-0.39, 0.29) is 16.8 Å². The molecule has 0 saturated carbocycles. The van der Waals surface area contributed by atoms with Gasteiger partial charge in [0.05, 0.1) is 23.2 Å². The van der Waals surface area contributed by atoms with Gasteiger partial charge in [-0.15, -0.1) is 11.3 Å². The van der Waals surface area contributed by atoms with Gasteiger partial charge in [-0.3, -0.25) is 9.79 Å². The normalized spacial score (nSPS) is 18.2. The van der Waals surface area contributed by atoms with E-state index in [2.05, 4.69) is 30.6 Å². The Labute approximate surface area is 219 Å². The first-order valence-electron chi connectivity index (χ1n) is 11.8. The molecule has 0 spiro atoms. The van der Waals surface area contributed by atoms with E-state index in [1.807, 2.05) is 12.1 Å². The zero-order chi connectivity index (χ0) is 26.0. The Bertz CT molecular complexity index is 1430. The lowest BCUT2D eigenvalue weighted by molar-refractivity contribution is 0.0932. The van der Waals surface area contributed by atoms with Crippen LogP contribution in [0.5, 0.6) is 0 Å². The third-order valence-electron chi connectivity index (χ3n) is 6.21. The Morgan fingerprint density at radius 3 is 2.65 bits per heavy atom. The van der Waals surface area contributed by atoms with Crippen LogP contribution in [0.25, 0.3) is 16.4 Å². The fraction of sp³-hybridized carbons (Fsp3) is 0.333. The van der Waals surface area contributed by atoms with Crippen molar-refractivity contribution < 1.29 is 13.2 Å². The number of hydrogen-bond acceptors (Lipinski definition) is 9. The lowest BCUT2D eigenvalue weighted by Crippen LogP contribution is -2.50. The maximum atomic E-state index is 13.0. The van der Waals surface area contributed by atoms with Crippen molar-refractivity contribution in [1.82, 2.24) is 34.6 Å². The van der Waals surface area contributed by atoms with Gasteiger partial charge in [0.1, 0.15) is 16.4 Å². The van der Waals surface area contributed by atoms with Crippen LogP contribution in [-0.2, 0) is 10.0 Å². The van der Waals surface area contributed by atoms with Gasteiger partial charge >= 0.3 is 0 Å². The van der Waals surface area contributed by atoms with Crippen LogP contribution in [0.4, 0.5) is 0 Å². The van der Waals surface area contributed by atoms with Gasteiger partial charge in [0, 0.05) is 63.8 Å². The average molecular weight is 541 g/mol. The molecule has 2 aliphatic heterocycles. The van der Waals surface area contributed by atoms with Crippen LogP contribution in [0.1, 0.15) is 10.5 Å². The molecule has 1 amide bonds. The number of nitrogens with one attached hydrogen (secondary N) is 2. The van der Waals surface area contributed by atoms with E-state index in [1.54, 1.807) is 46.7 Å². The zero-order valence-electron chi connectivity index (χ0n) is 20.5. The molecule has 0 radical (unpaired) electrons. The van der Waals surface area contributed by atoms with Crippen LogP contribution in [-0.4, -0.2) is 97.4 Å². The number of carbonyl (C=O) groups is 1. The number of hydrogen-bond donors (Lipinski definition) is 2. The Hall–Kier alpha value is -3.39. The average Bonchev–Trinajstić information content (AvgIpc) is 3.60. The Balaban J connectivity index is 1.27. The van der Waals surface area contributed by atoms with Crippen molar-refractivity contribution in [2.45, 2.75) is 10.9 Å². The molecule has 0 aliphatic carbocycles. The molecule has 2 aliphatic rings. The van der Waals surface area contributed by atoms with Crippen molar-refractivity contribution in [3.63, 3.8) is 0 Å². The zero-order valence-corrected chi connectivity index (χ0v) is 22.2. The molecule has 4 heterocycles. The molecule has 37 heavy (non-hydrogen) atoms. The van der Waals surface area contributed by atoms with Crippen molar-refractivity contribution in [2.24, 2.45) is 4.99 Å². The summed E-state index contributed by atoms with van der Waals surface area (Å²) in [7, 11) is -0.506. The topological polar surface area (TPSA) is 125 Å². The van der Waals surface area contributed by atoms with Crippen LogP contribution in [0.15, 0.2) is 63.6 Å². The Kier molecular flexibility index (Phi) is 7.20. The second-order valence-electron chi connectivity index (χ2n) is 8.83. The van der Waals surface area contributed by atoms with Crippen LogP contribution >= 0.6 is 11.3 Å². The van der Waals surface area contributed by atoms with E-state index in [1.165, 1.54) is 29.7 Å². The van der Waals surface area contributed by atoms with Gasteiger partial charge in [-0.05, 0) is 36.4 Å². The first kappa shape index (κ1) is 25.3. The number of allylic oxidation sites excluding steroid dienone is 1. The molecule has 0 bridgehead atoms. The monoisotopic (exact) mass is 540 g/mol. The number of amides is 1. The van der Waals surface area contributed by atoms with E-state index in [0.29, 0.717) is 28.6 Å². The molecule has 1 atom stereocenters. The van der Waals surface area contributed by atoms with Gasteiger partial charge in [0.25, 0.3) is 5.91 Å². The van der Waals surface area contributed by atoms with Crippen molar-refractivity contribution in [1.29, 1.82) is 0 Å². The highest BCUT2D eigenvalue weighted by Gasteiger charge is 2.26. The molecule has 11 nitrogen and oxygen atoms in total. The van der Waals surface area contributed by atoms with Crippen molar-refractivity contribution >= 4 is 33.5 Å². The molecule has 5 rings (SSSR count). The standard InChI is InChI=1S/C24H28N8O3S2/c1-30(2)37(34,35)18-5-3-17(4-6-18)32-12-8-19(29-32)24-28-21(16-36-24)23(33)27-20-15-26-9-7-22(20)31-13-10-25-11-14-31/h3-9,12,16,20,25H,10-11,13-15H2,1-2H3,(H,27,33). The number of rotatable bonds is 7. The number of sulfonamides is 1. The van der Waals surface area contributed by atoms with Gasteiger partial charge in [0.15, 0.2) is 0 Å². The molecular weight excluding hydrogens is 512 g/mol. The number of carbonyl (C=O) groups excluding carboxylic acids is 1. The maximum absolute atomic E-state index is 13.0. The highest BCUT2D eigenvalue weighted by atomic mass is 32.2. The van der Waals surface area contributed by atoms with Crippen molar-refractivity contribution in [2.75, 3.05) is 46.8 Å². The molecule has 1 fully saturated rings. The summed E-state index contributed by atoms with van der Waals surface area (Å²) in [6, 6.07) is 8.12. The molecular formula is C24H28N8O3S2. The van der Waals surface area contributed by atoms with E-state index < -0.39 is 10.0 Å². The predicted molar refractivity (Wildman–Crippen MR) is 143 cm³/mol. The quantitative estimate of drug-likeness (QED) is 0.462. The summed E-state index contributed by atoms with van der Waals surface area (Å²) in [5.41, 5.74) is 2.74. The summed E-state index contributed by atoms with van der Waals surface area (Å²) in [5.74, 6) is -0.247. The molecule has 1 aromatic carbocycles. The summed E-state index contributed by atoms with van der Waals surface area (Å²) < 4.78 is 27.4. The highest BCUT2D eigenvalue weighted by molar-refractivity contribution is 7.89. The van der Waals surface area contributed by atoms with Gasteiger partial charge in [-0.2, -0.15) is 5.10 Å². The summed E-state index contributed by atoms with van der Waals surface area (Å²) >= 11 is 1.34. The first-order valence-corrected chi connectivity index (χ1v) is 14.2. The van der Waals surface area contributed by atoms with Gasteiger partial charge in [0.2, 0.25) is 10.0 Å². The molecule has 3 aromatic rings.